The van der Waals surface area contributed by atoms with Crippen LogP contribution in [-0.4, -0.2) is 22.9 Å². The van der Waals surface area contributed by atoms with Crippen molar-refractivity contribution in [3.8, 4) is 5.75 Å². The van der Waals surface area contributed by atoms with Crippen LogP contribution in [0.3, 0.4) is 0 Å². The van der Waals surface area contributed by atoms with Gasteiger partial charge in [-0.3, -0.25) is 10.1 Å². The molecule has 0 radical (unpaired) electrons. The summed E-state index contributed by atoms with van der Waals surface area (Å²) >= 11 is 0. The highest BCUT2D eigenvalue weighted by atomic mass is 16.6. The van der Waals surface area contributed by atoms with E-state index >= 15 is 0 Å². The zero-order valence-electron chi connectivity index (χ0n) is 8.08. The van der Waals surface area contributed by atoms with E-state index < -0.39 is 4.92 Å². The summed E-state index contributed by atoms with van der Waals surface area (Å²) < 4.78 is 0. The Bertz CT molecular complexity index is 390. The van der Waals surface area contributed by atoms with Crippen LogP contribution in [-0.2, 0) is 4.84 Å². The molecule has 1 aromatic rings. The number of benzene rings is 1. The topological polar surface area (TPSA) is 85.0 Å². The highest BCUT2D eigenvalue weighted by molar-refractivity contribution is 5.84. The van der Waals surface area contributed by atoms with E-state index in [1.165, 1.54) is 24.4 Å². The van der Waals surface area contributed by atoms with E-state index in [4.69, 9.17) is 0 Å². The van der Waals surface area contributed by atoms with E-state index in [-0.39, 0.29) is 17.0 Å². The predicted molar refractivity (Wildman–Crippen MR) is 54.0 cm³/mol. The molecule has 0 aliphatic rings. The first-order valence-corrected chi connectivity index (χ1v) is 4.28. The molecule has 0 saturated carbocycles. The Morgan fingerprint density at radius 2 is 2.40 bits per heavy atom. The van der Waals surface area contributed by atoms with Gasteiger partial charge in [0.1, 0.15) is 12.4 Å². The van der Waals surface area contributed by atoms with Gasteiger partial charge in [-0.15, -0.1) is 0 Å². The Balaban J connectivity index is 2.95. The molecule has 0 heterocycles. The van der Waals surface area contributed by atoms with E-state index in [1.807, 2.05) is 0 Å². The van der Waals surface area contributed by atoms with Crippen molar-refractivity contribution >= 4 is 11.9 Å². The summed E-state index contributed by atoms with van der Waals surface area (Å²) in [4.78, 5) is 14.6. The van der Waals surface area contributed by atoms with Crippen molar-refractivity contribution in [2.45, 2.75) is 6.92 Å². The zero-order chi connectivity index (χ0) is 11.3. The summed E-state index contributed by atoms with van der Waals surface area (Å²) in [5.41, 5.74) is 0.142. The number of hydrogen-bond acceptors (Lipinski definition) is 5. The van der Waals surface area contributed by atoms with E-state index in [0.29, 0.717) is 6.61 Å². The molecule has 80 valence electrons. The number of hydrogen-bond donors (Lipinski definition) is 1. The van der Waals surface area contributed by atoms with Crippen molar-refractivity contribution in [1.82, 2.24) is 0 Å². The number of aromatic hydroxyl groups is 1. The van der Waals surface area contributed by atoms with Crippen LogP contribution in [0.2, 0.25) is 0 Å². The molecule has 6 nitrogen and oxygen atoms in total. The van der Waals surface area contributed by atoms with Crippen molar-refractivity contribution in [3.63, 3.8) is 0 Å². The SMILES string of the molecule is CCO/N=C/c1cc([N+](=O)[O-])ccc1O. The quantitative estimate of drug-likeness (QED) is 0.465. The summed E-state index contributed by atoms with van der Waals surface area (Å²) in [6, 6.07) is 3.68. The molecule has 1 N–H and O–H groups in total. The Hall–Kier alpha value is -2.11. The minimum atomic E-state index is -0.544. The molecule has 0 unspecified atom stereocenters. The van der Waals surface area contributed by atoms with E-state index in [9.17, 15) is 15.2 Å². The molecule has 1 aromatic carbocycles. The average Bonchev–Trinajstić information content (AvgIpc) is 2.20. The van der Waals surface area contributed by atoms with Crippen LogP contribution in [0.4, 0.5) is 5.69 Å². The Morgan fingerprint density at radius 3 is 3.00 bits per heavy atom. The van der Waals surface area contributed by atoms with Crippen molar-refractivity contribution in [1.29, 1.82) is 0 Å². The molecule has 0 aliphatic heterocycles. The number of nitro groups is 1. The maximum atomic E-state index is 10.4. The molecule has 0 amide bonds. The van der Waals surface area contributed by atoms with Crippen molar-refractivity contribution in [3.05, 3.63) is 33.9 Å². The Labute approximate surface area is 85.9 Å². The van der Waals surface area contributed by atoms with Gasteiger partial charge in [0.15, 0.2) is 0 Å². The molecule has 15 heavy (non-hydrogen) atoms. The van der Waals surface area contributed by atoms with Gasteiger partial charge < -0.3 is 9.94 Å². The molecule has 6 heteroatoms. The summed E-state index contributed by atoms with van der Waals surface area (Å²) in [6.07, 6.45) is 1.23. The van der Waals surface area contributed by atoms with E-state index in [1.54, 1.807) is 6.92 Å². The standard InChI is InChI=1S/C9H10N2O4/c1-2-15-10-6-7-5-8(11(13)14)3-4-9(7)12/h3-6,12H,2H2,1H3/b10-6+. The molecular weight excluding hydrogens is 200 g/mol. The van der Waals surface area contributed by atoms with Crippen LogP contribution < -0.4 is 0 Å². The van der Waals surface area contributed by atoms with E-state index in [2.05, 4.69) is 9.99 Å². The summed E-state index contributed by atoms with van der Waals surface area (Å²) in [5.74, 6) is -0.0796. The average molecular weight is 210 g/mol. The van der Waals surface area contributed by atoms with Gasteiger partial charge in [-0.05, 0) is 13.0 Å². The molecule has 0 fully saturated rings. The fourth-order valence-electron chi connectivity index (χ4n) is 0.927. The molecular formula is C9H10N2O4. The van der Waals surface area contributed by atoms with Gasteiger partial charge >= 0.3 is 0 Å². The molecule has 0 aromatic heterocycles. The van der Waals surface area contributed by atoms with Crippen molar-refractivity contribution in [2.75, 3.05) is 6.61 Å². The third-order valence-corrected chi connectivity index (χ3v) is 1.62. The van der Waals surface area contributed by atoms with Gasteiger partial charge in [-0.1, -0.05) is 5.16 Å². The first-order valence-electron chi connectivity index (χ1n) is 4.28. The number of rotatable bonds is 4. The van der Waals surface area contributed by atoms with Crippen LogP contribution in [0.15, 0.2) is 23.4 Å². The van der Waals surface area contributed by atoms with Crippen LogP contribution in [0.1, 0.15) is 12.5 Å². The molecule has 0 atom stereocenters. The highest BCUT2D eigenvalue weighted by Gasteiger charge is 2.08. The largest absolute Gasteiger partial charge is 0.507 e. The second-order valence-electron chi connectivity index (χ2n) is 2.65. The Morgan fingerprint density at radius 1 is 1.67 bits per heavy atom. The Kier molecular flexibility index (Phi) is 3.61. The highest BCUT2D eigenvalue weighted by Crippen LogP contribution is 2.21. The molecule has 0 aliphatic carbocycles. The maximum absolute atomic E-state index is 10.4. The molecule has 0 saturated heterocycles. The number of nitro benzene ring substituents is 1. The minimum absolute atomic E-state index is 0.0796. The molecule has 0 spiro atoms. The third kappa shape index (κ3) is 2.94. The second-order valence-corrected chi connectivity index (χ2v) is 2.65. The normalized spacial score (nSPS) is 10.5. The smallest absolute Gasteiger partial charge is 0.270 e. The van der Waals surface area contributed by atoms with Crippen LogP contribution in [0.25, 0.3) is 0 Å². The van der Waals surface area contributed by atoms with Gasteiger partial charge in [0.25, 0.3) is 5.69 Å². The lowest BCUT2D eigenvalue weighted by Gasteiger charge is -1.98. The summed E-state index contributed by atoms with van der Waals surface area (Å²) in [7, 11) is 0. The number of phenols is 1. The number of non-ortho nitro benzene ring substituents is 1. The predicted octanol–water partition coefficient (Wildman–Crippen LogP) is 1.67. The number of oxime groups is 1. The van der Waals surface area contributed by atoms with Gasteiger partial charge in [0.05, 0.1) is 11.1 Å². The lowest BCUT2D eigenvalue weighted by molar-refractivity contribution is -0.384. The lowest BCUT2D eigenvalue weighted by Crippen LogP contribution is -1.91. The third-order valence-electron chi connectivity index (χ3n) is 1.62. The fourth-order valence-corrected chi connectivity index (χ4v) is 0.927. The first-order chi connectivity index (χ1) is 7.15. The van der Waals surface area contributed by atoms with Crippen LogP contribution >= 0.6 is 0 Å². The van der Waals surface area contributed by atoms with Crippen LogP contribution in [0, 0.1) is 10.1 Å². The summed E-state index contributed by atoms with van der Waals surface area (Å²) in [5, 5.41) is 23.3. The van der Waals surface area contributed by atoms with Crippen molar-refractivity contribution < 1.29 is 14.9 Å². The maximum Gasteiger partial charge on any atom is 0.270 e. The molecule has 0 bridgehead atoms. The second kappa shape index (κ2) is 4.94. The van der Waals surface area contributed by atoms with Gasteiger partial charge in [-0.2, -0.15) is 0 Å². The van der Waals surface area contributed by atoms with Crippen molar-refractivity contribution in [2.24, 2.45) is 5.16 Å². The number of phenolic OH excluding ortho intramolecular Hbond substituents is 1. The zero-order valence-corrected chi connectivity index (χ0v) is 8.08. The van der Waals surface area contributed by atoms with Gasteiger partial charge in [0, 0.05) is 17.7 Å². The van der Waals surface area contributed by atoms with E-state index in [0.717, 1.165) is 0 Å². The monoisotopic (exact) mass is 210 g/mol. The van der Waals surface area contributed by atoms with Gasteiger partial charge in [0.2, 0.25) is 0 Å². The summed E-state index contributed by atoms with van der Waals surface area (Å²) in [6.45, 7) is 2.15. The lowest BCUT2D eigenvalue weighted by atomic mass is 10.2. The van der Waals surface area contributed by atoms with Crippen LogP contribution in [0.5, 0.6) is 5.75 Å². The number of nitrogens with zero attached hydrogens (tertiary/aromatic N) is 2. The molecule has 1 rings (SSSR count). The minimum Gasteiger partial charge on any atom is -0.507 e. The first kappa shape index (κ1) is 11.0. The fraction of sp³-hybridized carbons (Fsp3) is 0.222. The van der Waals surface area contributed by atoms with Gasteiger partial charge in [-0.25, -0.2) is 0 Å².